The van der Waals surface area contributed by atoms with Gasteiger partial charge in [-0.2, -0.15) is 0 Å². The Balaban J connectivity index is 2.11. The van der Waals surface area contributed by atoms with Gasteiger partial charge in [-0.25, -0.2) is 0 Å². The van der Waals surface area contributed by atoms with Gasteiger partial charge in [0.1, 0.15) is 10.8 Å². The van der Waals surface area contributed by atoms with Crippen LogP contribution >= 0.6 is 23.2 Å². The lowest BCUT2D eigenvalue weighted by Gasteiger charge is -2.23. The van der Waals surface area contributed by atoms with Crippen molar-refractivity contribution in [2.24, 2.45) is 0 Å². The normalized spacial score (nSPS) is 20.1. The SMILES string of the molecule is CN(C(=O)c1cc(Cl)c(Cl)[nH]1)C1CCNC1. The molecule has 0 saturated carbocycles. The van der Waals surface area contributed by atoms with Gasteiger partial charge in [-0.05, 0) is 19.0 Å². The summed E-state index contributed by atoms with van der Waals surface area (Å²) in [6, 6.07) is 1.80. The molecular weight excluding hydrogens is 249 g/mol. The quantitative estimate of drug-likeness (QED) is 0.853. The second-order valence-electron chi connectivity index (χ2n) is 3.91. The molecular formula is C10H13Cl2N3O. The largest absolute Gasteiger partial charge is 0.340 e. The van der Waals surface area contributed by atoms with Crippen LogP contribution < -0.4 is 5.32 Å². The molecule has 1 aliphatic heterocycles. The number of nitrogens with one attached hydrogen (secondary N) is 2. The van der Waals surface area contributed by atoms with Crippen molar-refractivity contribution in [3.05, 3.63) is 21.9 Å². The Kier molecular flexibility index (Phi) is 3.42. The number of rotatable bonds is 2. The van der Waals surface area contributed by atoms with Crippen molar-refractivity contribution in [3.8, 4) is 0 Å². The molecule has 1 fully saturated rings. The summed E-state index contributed by atoms with van der Waals surface area (Å²) >= 11 is 11.6. The average Bonchev–Trinajstić information content (AvgIpc) is 2.87. The number of H-pyrrole nitrogens is 1. The highest BCUT2D eigenvalue weighted by Gasteiger charge is 2.25. The lowest BCUT2D eigenvalue weighted by molar-refractivity contribution is 0.0738. The van der Waals surface area contributed by atoms with Gasteiger partial charge in [-0.1, -0.05) is 23.2 Å². The lowest BCUT2D eigenvalue weighted by atomic mass is 10.2. The van der Waals surface area contributed by atoms with Gasteiger partial charge in [-0.15, -0.1) is 0 Å². The molecule has 1 aromatic heterocycles. The first-order valence-corrected chi connectivity index (χ1v) is 5.87. The van der Waals surface area contributed by atoms with Crippen LogP contribution in [-0.4, -0.2) is 42.0 Å². The van der Waals surface area contributed by atoms with E-state index in [1.165, 1.54) is 0 Å². The Morgan fingerprint density at radius 2 is 2.31 bits per heavy atom. The maximum atomic E-state index is 12.0. The van der Waals surface area contributed by atoms with E-state index in [0.29, 0.717) is 15.9 Å². The molecule has 1 aliphatic rings. The standard InChI is InChI=1S/C10H13Cl2N3O/c1-15(6-2-3-13-5-6)10(16)8-4-7(11)9(12)14-8/h4,6,13-14H,2-3,5H2,1H3. The van der Waals surface area contributed by atoms with Crippen LogP contribution in [0.4, 0.5) is 0 Å². The molecule has 1 unspecified atom stereocenters. The van der Waals surface area contributed by atoms with Gasteiger partial charge in [-0.3, -0.25) is 4.79 Å². The van der Waals surface area contributed by atoms with Crippen LogP contribution in [0.25, 0.3) is 0 Å². The highest BCUT2D eigenvalue weighted by atomic mass is 35.5. The first kappa shape index (κ1) is 11.8. The van der Waals surface area contributed by atoms with E-state index in [2.05, 4.69) is 10.3 Å². The van der Waals surface area contributed by atoms with Crippen molar-refractivity contribution >= 4 is 29.1 Å². The number of hydrogen-bond acceptors (Lipinski definition) is 2. The van der Waals surface area contributed by atoms with Gasteiger partial charge >= 0.3 is 0 Å². The van der Waals surface area contributed by atoms with Gasteiger partial charge in [0.15, 0.2) is 0 Å². The molecule has 0 radical (unpaired) electrons. The summed E-state index contributed by atoms with van der Waals surface area (Å²) in [6.45, 7) is 1.79. The summed E-state index contributed by atoms with van der Waals surface area (Å²) in [5, 5.41) is 3.91. The summed E-state index contributed by atoms with van der Waals surface area (Å²) in [5.41, 5.74) is 0.435. The summed E-state index contributed by atoms with van der Waals surface area (Å²) in [7, 11) is 1.79. The molecule has 2 rings (SSSR count). The van der Waals surface area contributed by atoms with Gasteiger partial charge in [0.25, 0.3) is 5.91 Å². The summed E-state index contributed by atoms with van der Waals surface area (Å²) in [5.74, 6) is -0.0810. The van der Waals surface area contributed by atoms with Crippen molar-refractivity contribution in [2.45, 2.75) is 12.5 Å². The third-order valence-electron chi connectivity index (χ3n) is 2.86. The zero-order chi connectivity index (χ0) is 11.7. The minimum Gasteiger partial charge on any atom is -0.340 e. The van der Waals surface area contributed by atoms with Crippen molar-refractivity contribution < 1.29 is 4.79 Å². The van der Waals surface area contributed by atoms with Crippen LogP contribution in [0.5, 0.6) is 0 Å². The van der Waals surface area contributed by atoms with Crippen LogP contribution in [0.1, 0.15) is 16.9 Å². The predicted octanol–water partition coefficient (Wildman–Crippen LogP) is 1.76. The van der Waals surface area contributed by atoms with Crippen molar-refractivity contribution in [1.29, 1.82) is 0 Å². The average molecular weight is 262 g/mol. The second-order valence-corrected chi connectivity index (χ2v) is 4.69. The second kappa shape index (κ2) is 4.65. The Labute approximate surface area is 104 Å². The van der Waals surface area contributed by atoms with Gasteiger partial charge in [0.05, 0.1) is 5.02 Å². The number of likely N-dealkylation sites (N-methyl/N-ethyl adjacent to an activating group) is 1. The van der Waals surface area contributed by atoms with Crippen molar-refractivity contribution in [1.82, 2.24) is 15.2 Å². The zero-order valence-corrected chi connectivity index (χ0v) is 10.4. The highest BCUT2D eigenvalue weighted by molar-refractivity contribution is 6.41. The summed E-state index contributed by atoms with van der Waals surface area (Å²) in [6.07, 6.45) is 0.977. The van der Waals surface area contributed by atoms with Crippen molar-refractivity contribution in [3.63, 3.8) is 0 Å². The van der Waals surface area contributed by atoms with E-state index < -0.39 is 0 Å². The van der Waals surface area contributed by atoms with Crippen molar-refractivity contribution in [2.75, 3.05) is 20.1 Å². The number of aromatic nitrogens is 1. The van der Waals surface area contributed by atoms with E-state index in [4.69, 9.17) is 23.2 Å². The number of carbonyl (C=O) groups excluding carboxylic acids is 1. The molecule has 1 atom stereocenters. The monoisotopic (exact) mass is 261 g/mol. The molecule has 0 aliphatic carbocycles. The third kappa shape index (κ3) is 2.19. The molecule has 6 heteroatoms. The van der Waals surface area contributed by atoms with E-state index in [9.17, 15) is 4.79 Å². The molecule has 2 N–H and O–H groups in total. The highest BCUT2D eigenvalue weighted by Crippen LogP contribution is 2.23. The first-order valence-electron chi connectivity index (χ1n) is 5.11. The van der Waals surface area contributed by atoms with Gasteiger partial charge in [0.2, 0.25) is 0 Å². The summed E-state index contributed by atoms with van der Waals surface area (Å²) < 4.78 is 0. The number of aromatic amines is 1. The smallest absolute Gasteiger partial charge is 0.270 e. The molecule has 2 heterocycles. The summed E-state index contributed by atoms with van der Waals surface area (Å²) in [4.78, 5) is 16.5. The molecule has 0 bridgehead atoms. The number of hydrogen-bond donors (Lipinski definition) is 2. The first-order chi connectivity index (χ1) is 7.59. The van der Waals surface area contributed by atoms with Gasteiger partial charge in [0, 0.05) is 19.6 Å². The Hall–Kier alpha value is -0.710. The molecule has 0 aromatic carbocycles. The lowest BCUT2D eigenvalue weighted by Crippen LogP contribution is -2.38. The Bertz CT molecular complexity index is 379. The third-order valence-corrected chi connectivity index (χ3v) is 3.55. The molecule has 16 heavy (non-hydrogen) atoms. The molecule has 4 nitrogen and oxygen atoms in total. The Morgan fingerprint density at radius 1 is 1.56 bits per heavy atom. The van der Waals surface area contributed by atoms with Crippen LogP contribution in [0.3, 0.4) is 0 Å². The maximum absolute atomic E-state index is 12.0. The topological polar surface area (TPSA) is 48.1 Å². The zero-order valence-electron chi connectivity index (χ0n) is 8.89. The minimum atomic E-state index is -0.0810. The Morgan fingerprint density at radius 3 is 2.81 bits per heavy atom. The molecule has 1 amide bonds. The van der Waals surface area contributed by atoms with E-state index in [1.807, 2.05) is 0 Å². The van der Waals surface area contributed by atoms with Crippen LogP contribution in [0.15, 0.2) is 6.07 Å². The fourth-order valence-electron chi connectivity index (χ4n) is 1.85. The molecule has 1 aromatic rings. The van der Waals surface area contributed by atoms with E-state index in [0.717, 1.165) is 19.5 Å². The molecule has 88 valence electrons. The molecule has 1 saturated heterocycles. The van der Waals surface area contributed by atoms with Gasteiger partial charge < -0.3 is 15.2 Å². The van der Waals surface area contributed by atoms with E-state index in [1.54, 1.807) is 18.0 Å². The number of nitrogens with zero attached hydrogens (tertiary/aromatic N) is 1. The maximum Gasteiger partial charge on any atom is 0.270 e. The fraction of sp³-hybridized carbons (Fsp3) is 0.500. The van der Waals surface area contributed by atoms with E-state index >= 15 is 0 Å². The molecule has 0 spiro atoms. The number of halogens is 2. The number of carbonyl (C=O) groups is 1. The van der Waals surface area contributed by atoms with E-state index in [-0.39, 0.29) is 11.9 Å². The number of amides is 1. The minimum absolute atomic E-state index is 0.0810. The fourth-order valence-corrected chi connectivity index (χ4v) is 2.16. The van der Waals surface area contributed by atoms with Crippen LogP contribution in [0, 0.1) is 0 Å². The van der Waals surface area contributed by atoms with Crippen LogP contribution in [0.2, 0.25) is 10.2 Å². The van der Waals surface area contributed by atoms with Crippen LogP contribution in [-0.2, 0) is 0 Å². The predicted molar refractivity (Wildman–Crippen MR) is 64.2 cm³/mol.